The van der Waals surface area contributed by atoms with E-state index in [1.54, 1.807) is 0 Å². The predicted octanol–water partition coefficient (Wildman–Crippen LogP) is 26.1. The van der Waals surface area contributed by atoms with Crippen LogP contribution in [0.4, 0.5) is 0 Å². The summed E-state index contributed by atoms with van der Waals surface area (Å²) in [5.74, 6) is -0.155. The van der Waals surface area contributed by atoms with Crippen LogP contribution >= 0.6 is 7.82 Å². The molecule has 3 unspecified atom stereocenters. The molecule has 2 N–H and O–H groups in total. The molecule has 0 aliphatic heterocycles. The zero-order chi connectivity index (χ0) is 66.2. The number of nitrogens with one attached hydrogen (secondary N) is 1. The molecule has 0 heterocycles. The molecular formula is C82H161N2O6P. The molecule has 0 spiro atoms. The molecule has 0 aliphatic rings. The van der Waals surface area contributed by atoms with Crippen LogP contribution in [0.2, 0.25) is 0 Å². The van der Waals surface area contributed by atoms with E-state index in [0.29, 0.717) is 23.9 Å². The lowest BCUT2D eigenvalue weighted by Gasteiger charge is -2.30. The molecule has 540 valence electrons. The second-order valence-electron chi connectivity index (χ2n) is 29.5. The Labute approximate surface area is 569 Å². The smallest absolute Gasteiger partial charge is 0.268 e. The molecule has 0 saturated heterocycles. The van der Waals surface area contributed by atoms with Crippen molar-refractivity contribution < 1.29 is 32.9 Å². The highest BCUT2D eigenvalue weighted by atomic mass is 31.2. The first-order chi connectivity index (χ1) is 44.5. The summed E-state index contributed by atoms with van der Waals surface area (Å²) >= 11 is 0. The van der Waals surface area contributed by atoms with E-state index in [2.05, 4.69) is 55.6 Å². The van der Waals surface area contributed by atoms with Crippen LogP contribution in [0.1, 0.15) is 431 Å². The third-order valence-corrected chi connectivity index (χ3v) is 20.1. The van der Waals surface area contributed by atoms with Gasteiger partial charge in [-0.1, -0.05) is 410 Å². The minimum absolute atomic E-state index is 0.0149. The zero-order valence-corrected chi connectivity index (χ0v) is 63.0. The molecule has 0 aromatic heterocycles. The molecule has 8 nitrogen and oxygen atoms in total. The molecule has 0 aliphatic carbocycles. The van der Waals surface area contributed by atoms with Gasteiger partial charge in [0.1, 0.15) is 13.2 Å². The standard InChI is InChI=1S/C82H161N2O6P/c1-6-8-10-12-14-16-18-20-22-24-26-28-30-32-34-36-38-40-41-42-43-44-46-48-50-52-54-56-58-60-62-64-66-68-70-72-74-76-82(86)83-80(79-90-91(87,88)89-78-77-84(3,4)5)81(85)75-73-71-69-67-65-63-61-59-57-55-53-51-49-47-45-39-37-35-33-31-29-27-25-23-21-19-17-15-13-11-9-7-2/h18,20,24,26,30,32,80-81,85H,6-17,19,21-23,25,27-29,31,33-79H2,1-5H3,(H-,83,86,87,88)/b20-18-,26-24-,32-30-. The van der Waals surface area contributed by atoms with Crippen molar-refractivity contribution in [2.75, 3.05) is 40.9 Å². The average molecular weight is 1300 g/mol. The summed E-state index contributed by atoms with van der Waals surface area (Å²) in [7, 11) is 1.33. The van der Waals surface area contributed by atoms with Gasteiger partial charge in [0, 0.05) is 6.42 Å². The molecule has 1 amide bonds. The van der Waals surface area contributed by atoms with Crippen LogP contribution in [0.3, 0.4) is 0 Å². The van der Waals surface area contributed by atoms with Crippen LogP contribution in [-0.2, 0) is 18.4 Å². The Balaban J connectivity index is 3.91. The number of unbranched alkanes of at least 4 members (excludes halogenated alkanes) is 58. The second-order valence-corrected chi connectivity index (χ2v) is 30.9. The van der Waals surface area contributed by atoms with E-state index in [-0.39, 0.29) is 19.1 Å². The molecule has 0 aromatic carbocycles. The van der Waals surface area contributed by atoms with Gasteiger partial charge in [-0.3, -0.25) is 9.36 Å². The number of quaternary nitrogens is 1. The Morgan fingerprint density at radius 2 is 0.637 bits per heavy atom. The molecule has 0 aromatic rings. The topological polar surface area (TPSA) is 108 Å². The zero-order valence-electron chi connectivity index (χ0n) is 62.1. The molecule has 91 heavy (non-hydrogen) atoms. The van der Waals surface area contributed by atoms with Gasteiger partial charge in [-0.15, -0.1) is 0 Å². The molecule has 0 fully saturated rings. The first-order valence-corrected chi connectivity index (χ1v) is 42.3. The molecule has 0 rings (SSSR count). The third-order valence-electron chi connectivity index (χ3n) is 19.1. The maximum absolute atomic E-state index is 13.1. The summed E-state index contributed by atoms with van der Waals surface area (Å²) < 4.78 is 23.6. The number of allylic oxidation sites excluding steroid dienone is 6. The van der Waals surface area contributed by atoms with Crippen LogP contribution in [0.5, 0.6) is 0 Å². The molecule has 0 radical (unpaired) electrons. The lowest BCUT2D eigenvalue weighted by Crippen LogP contribution is -2.46. The van der Waals surface area contributed by atoms with Gasteiger partial charge in [0.2, 0.25) is 5.91 Å². The Morgan fingerprint density at radius 3 is 0.923 bits per heavy atom. The van der Waals surface area contributed by atoms with Crippen LogP contribution in [-0.4, -0.2) is 68.5 Å². The predicted molar refractivity (Wildman–Crippen MR) is 399 cm³/mol. The first-order valence-electron chi connectivity index (χ1n) is 40.8. The molecule has 0 saturated carbocycles. The summed E-state index contributed by atoms with van der Waals surface area (Å²) in [6.07, 6.45) is 98.5. The number of carbonyl (C=O) groups excluding carboxylic acids is 1. The maximum Gasteiger partial charge on any atom is 0.268 e. The number of amides is 1. The highest BCUT2D eigenvalue weighted by molar-refractivity contribution is 7.45. The van der Waals surface area contributed by atoms with Crippen LogP contribution in [0.15, 0.2) is 36.5 Å². The van der Waals surface area contributed by atoms with Gasteiger partial charge in [-0.2, -0.15) is 0 Å². The SMILES string of the molecule is CCCCCCC/C=C\C/C=C\C/C=C\CCCCCCCCCCCCCCCCCCCCCCCCC(=O)NC(COP(=O)([O-])OCC[N+](C)(C)C)C(O)CCCCCCCCCCCCCCCCCCCCCCCCCCCCCCCCCC. The van der Waals surface area contributed by atoms with Crippen molar-refractivity contribution in [2.45, 2.75) is 443 Å². The molecular weight excluding hydrogens is 1140 g/mol. The monoisotopic (exact) mass is 1300 g/mol. The molecule has 0 bridgehead atoms. The minimum Gasteiger partial charge on any atom is -0.756 e. The van der Waals surface area contributed by atoms with Crippen molar-refractivity contribution in [2.24, 2.45) is 0 Å². The Hall–Kier alpha value is -1.28. The van der Waals surface area contributed by atoms with E-state index in [1.807, 2.05) is 21.1 Å². The van der Waals surface area contributed by atoms with Gasteiger partial charge < -0.3 is 28.8 Å². The van der Waals surface area contributed by atoms with Crippen molar-refractivity contribution in [3.8, 4) is 0 Å². The fourth-order valence-electron chi connectivity index (χ4n) is 12.8. The van der Waals surface area contributed by atoms with Gasteiger partial charge in [0.05, 0.1) is 39.9 Å². The second kappa shape index (κ2) is 73.0. The van der Waals surface area contributed by atoms with Gasteiger partial charge in [-0.05, 0) is 51.4 Å². The van der Waals surface area contributed by atoms with Crippen LogP contribution in [0, 0.1) is 0 Å². The Bertz CT molecular complexity index is 1580. The molecule has 3 atom stereocenters. The van der Waals surface area contributed by atoms with Gasteiger partial charge in [0.15, 0.2) is 0 Å². The van der Waals surface area contributed by atoms with Crippen molar-refractivity contribution in [1.82, 2.24) is 5.32 Å². The number of rotatable bonds is 77. The minimum atomic E-state index is -4.58. The Morgan fingerprint density at radius 1 is 0.385 bits per heavy atom. The summed E-state index contributed by atoms with van der Waals surface area (Å²) in [6.45, 7) is 4.78. The number of hydrogen-bond acceptors (Lipinski definition) is 6. The van der Waals surface area contributed by atoms with Crippen LogP contribution < -0.4 is 10.2 Å². The van der Waals surface area contributed by atoms with E-state index >= 15 is 0 Å². The quantitative estimate of drug-likeness (QED) is 0.0272. The maximum atomic E-state index is 13.1. The van der Waals surface area contributed by atoms with Crippen LogP contribution in [0.25, 0.3) is 0 Å². The lowest BCUT2D eigenvalue weighted by molar-refractivity contribution is -0.870. The van der Waals surface area contributed by atoms with E-state index in [1.165, 1.54) is 353 Å². The van der Waals surface area contributed by atoms with Crippen molar-refractivity contribution in [3.05, 3.63) is 36.5 Å². The highest BCUT2D eigenvalue weighted by Crippen LogP contribution is 2.38. The average Bonchev–Trinajstić information content (AvgIpc) is 3.42. The van der Waals surface area contributed by atoms with Gasteiger partial charge in [0.25, 0.3) is 7.82 Å². The van der Waals surface area contributed by atoms with E-state index in [9.17, 15) is 19.4 Å². The number of likely N-dealkylation sites (N-methyl/N-ethyl adjacent to an activating group) is 1. The van der Waals surface area contributed by atoms with Crippen molar-refractivity contribution >= 4 is 13.7 Å². The number of aliphatic hydroxyl groups is 1. The highest BCUT2D eigenvalue weighted by Gasteiger charge is 2.24. The fourth-order valence-corrected chi connectivity index (χ4v) is 13.5. The normalized spacial score (nSPS) is 13.6. The number of hydrogen-bond donors (Lipinski definition) is 2. The van der Waals surface area contributed by atoms with E-state index in [4.69, 9.17) is 9.05 Å². The number of phosphoric ester groups is 1. The first kappa shape index (κ1) is 89.7. The van der Waals surface area contributed by atoms with Crippen molar-refractivity contribution in [3.63, 3.8) is 0 Å². The summed E-state index contributed by atoms with van der Waals surface area (Å²) in [5, 5.41) is 14.2. The summed E-state index contributed by atoms with van der Waals surface area (Å²) in [6, 6.07) is -0.801. The fraction of sp³-hybridized carbons (Fsp3) is 0.915. The Kier molecular flexibility index (Phi) is 72.0. The van der Waals surface area contributed by atoms with E-state index < -0.39 is 20.0 Å². The third kappa shape index (κ3) is 76.0. The molecule has 9 heteroatoms. The number of phosphoric acid groups is 1. The van der Waals surface area contributed by atoms with Gasteiger partial charge >= 0.3 is 0 Å². The number of carbonyl (C=O) groups is 1. The van der Waals surface area contributed by atoms with Gasteiger partial charge in [-0.25, -0.2) is 0 Å². The lowest BCUT2D eigenvalue weighted by atomic mass is 10.0. The number of nitrogens with zero attached hydrogens (tertiary/aromatic N) is 1. The number of aliphatic hydroxyl groups excluding tert-OH is 1. The largest absolute Gasteiger partial charge is 0.756 e. The van der Waals surface area contributed by atoms with E-state index in [0.717, 1.165) is 51.4 Å². The van der Waals surface area contributed by atoms with Crippen molar-refractivity contribution in [1.29, 1.82) is 0 Å². The summed E-state index contributed by atoms with van der Waals surface area (Å²) in [5.41, 5.74) is 0. The summed E-state index contributed by atoms with van der Waals surface area (Å²) in [4.78, 5) is 25.8.